The topological polar surface area (TPSA) is 40.6 Å². The van der Waals surface area contributed by atoms with E-state index < -0.39 is 10.0 Å². The molecular formula is C21H26N2O2S. The van der Waals surface area contributed by atoms with Gasteiger partial charge < -0.3 is 0 Å². The molecule has 5 heteroatoms. The van der Waals surface area contributed by atoms with Crippen LogP contribution in [0.5, 0.6) is 0 Å². The molecule has 4 nitrogen and oxygen atoms in total. The summed E-state index contributed by atoms with van der Waals surface area (Å²) >= 11 is 0. The molecule has 2 aliphatic rings. The Kier molecular flexibility index (Phi) is 4.86. The number of rotatable bonds is 4. The fraction of sp³-hybridized carbons (Fsp3) is 0.429. The molecule has 0 spiro atoms. The van der Waals surface area contributed by atoms with Crippen LogP contribution in [0.3, 0.4) is 0 Å². The molecule has 2 aliphatic heterocycles. The van der Waals surface area contributed by atoms with Crippen LogP contribution in [0.4, 0.5) is 0 Å². The Labute approximate surface area is 156 Å². The van der Waals surface area contributed by atoms with E-state index in [-0.39, 0.29) is 12.2 Å². The van der Waals surface area contributed by atoms with E-state index in [4.69, 9.17) is 0 Å². The Balaban J connectivity index is 1.84. The predicted octanol–water partition coefficient (Wildman–Crippen LogP) is 4.33. The molecule has 2 unspecified atom stereocenters. The van der Waals surface area contributed by atoms with Crippen LogP contribution in [0.1, 0.15) is 55.9 Å². The minimum Gasteiger partial charge on any atom is -0.283 e. The molecule has 1 saturated heterocycles. The molecule has 4 rings (SSSR count). The van der Waals surface area contributed by atoms with E-state index in [1.807, 2.05) is 48.5 Å². The van der Waals surface area contributed by atoms with Crippen LogP contribution in [0, 0.1) is 0 Å². The van der Waals surface area contributed by atoms with Gasteiger partial charge in [-0.05, 0) is 44.0 Å². The van der Waals surface area contributed by atoms with E-state index in [1.165, 1.54) is 6.42 Å². The first-order valence-corrected chi connectivity index (χ1v) is 11.0. The van der Waals surface area contributed by atoms with Crippen LogP contribution in [-0.4, -0.2) is 30.7 Å². The van der Waals surface area contributed by atoms with E-state index >= 15 is 0 Å². The van der Waals surface area contributed by atoms with E-state index in [2.05, 4.69) is 11.8 Å². The van der Waals surface area contributed by atoms with Crippen molar-refractivity contribution in [3.05, 3.63) is 65.7 Å². The normalized spacial score (nSPS) is 24.3. The number of hydrogen-bond donors (Lipinski definition) is 0. The molecule has 26 heavy (non-hydrogen) atoms. The van der Waals surface area contributed by atoms with Gasteiger partial charge in [-0.2, -0.15) is 4.31 Å². The number of likely N-dealkylation sites (tertiary alicyclic amines) is 1. The molecule has 0 amide bonds. The second-order valence-electron chi connectivity index (χ2n) is 7.18. The highest BCUT2D eigenvalue weighted by Gasteiger charge is 2.48. The summed E-state index contributed by atoms with van der Waals surface area (Å²) in [6.07, 6.45) is 4.06. The monoisotopic (exact) mass is 370 g/mol. The van der Waals surface area contributed by atoms with Crippen molar-refractivity contribution < 1.29 is 8.42 Å². The first-order chi connectivity index (χ1) is 12.6. The maximum Gasteiger partial charge on any atom is 0.245 e. The quantitative estimate of drug-likeness (QED) is 0.804. The zero-order chi connectivity index (χ0) is 18.1. The first-order valence-electron chi connectivity index (χ1n) is 9.56. The van der Waals surface area contributed by atoms with Gasteiger partial charge in [-0.25, -0.2) is 8.42 Å². The third kappa shape index (κ3) is 2.88. The fourth-order valence-corrected chi connectivity index (χ4v) is 6.47. The molecule has 0 radical (unpaired) electrons. The summed E-state index contributed by atoms with van der Waals surface area (Å²) in [5.41, 5.74) is 2.00. The average molecular weight is 371 g/mol. The summed E-state index contributed by atoms with van der Waals surface area (Å²) in [6, 6.07) is 17.4. The summed E-state index contributed by atoms with van der Waals surface area (Å²) in [5, 5.41) is 0. The summed E-state index contributed by atoms with van der Waals surface area (Å²) in [4.78, 5) is 2.84. The summed E-state index contributed by atoms with van der Waals surface area (Å²) < 4.78 is 28.8. The number of nitrogens with zero attached hydrogens (tertiary/aromatic N) is 2. The van der Waals surface area contributed by atoms with Gasteiger partial charge in [-0.3, -0.25) is 4.90 Å². The van der Waals surface area contributed by atoms with Crippen LogP contribution in [0.2, 0.25) is 0 Å². The van der Waals surface area contributed by atoms with Crippen molar-refractivity contribution in [3.63, 3.8) is 0 Å². The smallest absolute Gasteiger partial charge is 0.245 e. The van der Waals surface area contributed by atoms with Crippen molar-refractivity contribution in [1.29, 1.82) is 0 Å². The number of benzene rings is 2. The Bertz CT molecular complexity index is 861. The first kappa shape index (κ1) is 17.7. The van der Waals surface area contributed by atoms with Gasteiger partial charge in [0, 0.05) is 5.56 Å². The van der Waals surface area contributed by atoms with E-state index in [9.17, 15) is 8.42 Å². The third-order valence-electron chi connectivity index (χ3n) is 5.61. The van der Waals surface area contributed by atoms with Crippen molar-refractivity contribution in [1.82, 2.24) is 9.21 Å². The Morgan fingerprint density at radius 2 is 1.62 bits per heavy atom. The van der Waals surface area contributed by atoms with E-state index in [1.54, 1.807) is 10.4 Å². The summed E-state index contributed by atoms with van der Waals surface area (Å²) in [6.45, 7) is 3.98. The van der Waals surface area contributed by atoms with Crippen molar-refractivity contribution in [2.75, 3.05) is 13.1 Å². The molecule has 0 aromatic heterocycles. The van der Waals surface area contributed by atoms with Crippen molar-refractivity contribution >= 4 is 10.0 Å². The van der Waals surface area contributed by atoms with E-state index in [0.29, 0.717) is 4.90 Å². The SMILES string of the molecule is CCC(c1ccccc1)N1C(N2CCCCC2)c2ccccc2S1(=O)=O. The highest BCUT2D eigenvalue weighted by molar-refractivity contribution is 7.89. The van der Waals surface area contributed by atoms with Gasteiger partial charge in [0.15, 0.2) is 0 Å². The van der Waals surface area contributed by atoms with Crippen LogP contribution < -0.4 is 0 Å². The molecule has 2 aromatic carbocycles. The maximum absolute atomic E-state index is 13.5. The van der Waals surface area contributed by atoms with Gasteiger partial charge in [-0.15, -0.1) is 0 Å². The second-order valence-corrected chi connectivity index (χ2v) is 8.99. The second kappa shape index (κ2) is 7.14. The van der Waals surface area contributed by atoms with Crippen molar-refractivity contribution in [3.8, 4) is 0 Å². The molecular weight excluding hydrogens is 344 g/mol. The molecule has 2 heterocycles. The zero-order valence-electron chi connectivity index (χ0n) is 15.2. The number of fused-ring (bicyclic) bond motifs is 1. The zero-order valence-corrected chi connectivity index (χ0v) is 16.0. The lowest BCUT2D eigenvalue weighted by molar-refractivity contribution is 0.0621. The number of hydrogen-bond acceptors (Lipinski definition) is 3. The largest absolute Gasteiger partial charge is 0.283 e. The van der Waals surface area contributed by atoms with Crippen molar-refractivity contribution in [2.45, 2.75) is 49.7 Å². The molecule has 2 atom stereocenters. The molecule has 0 bridgehead atoms. The van der Waals surface area contributed by atoms with Gasteiger partial charge in [-0.1, -0.05) is 61.9 Å². The fourth-order valence-electron chi connectivity index (χ4n) is 4.41. The minimum absolute atomic E-state index is 0.152. The molecule has 0 N–H and O–H groups in total. The number of piperidine rings is 1. The highest BCUT2D eigenvalue weighted by Crippen LogP contribution is 2.47. The van der Waals surface area contributed by atoms with Crippen LogP contribution in [-0.2, 0) is 10.0 Å². The predicted molar refractivity (Wildman–Crippen MR) is 103 cm³/mol. The standard InChI is InChI=1S/C21H26N2O2S/c1-2-19(17-11-5-3-6-12-17)23-21(22-15-9-4-10-16-22)18-13-7-8-14-20(18)26(23,24)25/h3,5-8,11-14,19,21H,2,4,9-10,15-16H2,1H3. The molecule has 1 fully saturated rings. The van der Waals surface area contributed by atoms with Crippen LogP contribution >= 0.6 is 0 Å². The van der Waals surface area contributed by atoms with Crippen molar-refractivity contribution in [2.24, 2.45) is 0 Å². The minimum atomic E-state index is -3.51. The summed E-state index contributed by atoms with van der Waals surface area (Å²) in [5.74, 6) is 0. The molecule has 0 aliphatic carbocycles. The van der Waals surface area contributed by atoms with Gasteiger partial charge >= 0.3 is 0 Å². The lowest BCUT2D eigenvalue weighted by Gasteiger charge is -2.40. The third-order valence-corrected chi connectivity index (χ3v) is 7.55. The maximum atomic E-state index is 13.5. The van der Waals surface area contributed by atoms with Gasteiger partial charge in [0.25, 0.3) is 0 Å². The van der Waals surface area contributed by atoms with Crippen LogP contribution in [0.15, 0.2) is 59.5 Å². The highest BCUT2D eigenvalue weighted by atomic mass is 32.2. The molecule has 0 saturated carbocycles. The van der Waals surface area contributed by atoms with Gasteiger partial charge in [0.1, 0.15) is 6.17 Å². The van der Waals surface area contributed by atoms with Gasteiger partial charge in [0.05, 0.1) is 10.9 Å². The van der Waals surface area contributed by atoms with Crippen LogP contribution in [0.25, 0.3) is 0 Å². The lowest BCUT2D eigenvalue weighted by atomic mass is 10.0. The molecule has 2 aromatic rings. The lowest BCUT2D eigenvalue weighted by Crippen LogP contribution is -2.44. The summed E-state index contributed by atoms with van der Waals surface area (Å²) in [7, 11) is -3.51. The molecule has 138 valence electrons. The Morgan fingerprint density at radius 3 is 2.31 bits per heavy atom. The van der Waals surface area contributed by atoms with Gasteiger partial charge in [0.2, 0.25) is 10.0 Å². The Hall–Kier alpha value is -1.69. The number of sulfonamides is 1. The average Bonchev–Trinajstić information content (AvgIpc) is 2.92. The van der Waals surface area contributed by atoms with E-state index in [0.717, 1.165) is 43.5 Å². The Morgan fingerprint density at radius 1 is 0.962 bits per heavy atom.